The SMILES string of the molecule is Cc1cc(C)cc(OCC(=O)Nc2ccc(-c3nn4c(C)nnc4s3)cc2)c1. The van der Waals surface area contributed by atoms with Crippen molar-refractivity contribution < 1.29 is 9.53 Å². The van der Waals surface area contributed by atoms with Crippen molar-refractivity contribution in [1.82, 2.24) is 19.8 Å². The van der Waals surface area contributed by atoms with Crippen LogP contribution in [0.3, 0.4) is 0 Å². The summed E-state index contributed by atoms with van der Waals surface area (Å²) in [5, 5.41) is 16.3. The third kappa shape index (κ3) is 3.86. The zero-order chi connectivity index (χ0) is 19.7. The molecule has 1 N–H and O–H groups in total. The first kappa shape index (κ1) is 18.1. The molecule has 0 atom stereocenters. The zero-order valence-corrected chi connectivity index (χ0v) is 16.6. The molecule has 28 heavy (non-hydrogen) atoms. The van der Waals surface area contributed by atoms with Crippen LogP contribution in [0.15, 0.2) is 42.5 Å². The first-order valence-corrected chi connectivity index (χ1v) is 9.60. The molecule has 2 aromatic heterocycles. The highest BCUT2D eigenvalue weighted by molar-refractivity contribution is 7.19. The molecular weight excluding hydrogens is 374 g/mol. The Labute approximate surface area is 166 Å². The van der Waals surface area contributed by atoms with E-state index in [4.69, 9.17) is 4.74 Å². The molecule has 0 spiro atoms. The van der Waals surface area contributed by atoms with E-state index in [-0.39, 0.29) is 12.5 Å². The maximum atomic E-state index is 12.2. The van der Waals surface area contributed by atoms with Gasteiger partial charge in [0.2, 0.25) is 4.96 Å². The molecule has 142 valence electrons. The first-order chi connectivity index (χ1) is 13.5. The number of benzene rings is 2. The van der Waals surface area contributed by atoms with Crippen molar-refractivity contribution in [2.45, 2.75) is 20.8 Å². The van der Waals surface area contributed by atoms with Crippen LogP contribution >= 0.6 is 11.3 Å². The van der Waals surface area contributed by atoms with Gasteiger partial charge in [-0.2, -0.15) is 9.61 Å². The molecule has 7 nitrogen and oxygen atoms in total. The fourth-order valence-electron chi connectivity index (χ4n) is 2.89. The molecule has 0 aliphatic heterocycles. The van der Waals surface area contributed by atoms with Gasteiger partial charge in [0.25, 0.3) is 5.91 Å². The molecule has 0 aliphatic rings. The fourth-order valence-corrected chi connectivity index (χ4v) is 3.78. The minimum Gasteiger partial charge on any atom is -0.484 e. The van der Waals surface area contributed by atoms with Gasteiger partial charge in [0.05, 0.1) is 0 Å². The van der Waals surface area contributed by atoms with E-state index in [2.05, 4.69) is 26.7 Å². The molecule has 1 amide bonds. The number of nitrogens with one attached hydrogen (secondary N) is 1. The number of rotatable bonds is 5. The second kappa shape index (κ2) is 7.40. The number of aryl methyl sites for hydroxylation is 3. The predicted molar refractivity (Wildman–Crippen MR) is 109 cm³/mol. The number of nitrogens with zero attached hydrogens (tertiary/aromatic N) is 4. The monoisotopic (exact) mass is 393 g/mol. The van der Waals surface area contributed by atoms with Gasteiger partial charge in [-0.3, -0.25) is 4.79 Å². The number of aromatic nitrogens is 4. The third-order valence-corrected chi connectivity index (χ3v) is 5.08. The molecule has 0 aliphatic carbocycles. The lowest BCUT2D eigenvalue weighted by Crippen LogP contribution is -2.20. The Morgan fingerprint density at radius 3 is 2.46 bits per heavy atom. The van der Waals surface area contributed by atoms with E-state index < -0.39 is 0 Å². The van der Waals surface area contributed by atoms with Gasteiger partial charge in [0.15, 0.2) is 12.4 Å². The summed E-state index contributed by atoms with van der Waals surface area (Å²) in [6, 6.07) is 13.4. The van der Waals surface area contributed by atoms with Gasteiger partial charge < -0.3 is 10.1 Å². The third-order valence-electron chi connectivity index (χ3n) is 4.13. The number of hydrogen-bond acceptors (Lipinski definition) is 6. The van der Waals surface area contributed by atoms with E-state index in [0.717, 1.165) is 32.5 Å². The first-order valence-electron chi connectivity index (χ1n) is 8.78. The highest BCUT2D eigenvalue weighted by atomic mass is 32.1. The van der Waals surface area contributed by atoms with Crippen molar-refractivity contribution in [3.8, 4) is 16.3 Å². The summed E-state index contributed by atoms with van der Waals surface area (Å²) < 4.78 is 7.32. The van der Waals surface area contributed by atoms with Crippen LogP contribution in [0.1, 0.15) is 17.0 Å². The van der Waals surface area contributed by atoms with Crippen LogP contribution in [-0.2, 0) is 4.79 Å². The normalized spacial score (nSPS) is 11.0. The molecule has 2 heterocycles. The number of carbonyl (C=O) groups excluding carboxylic acids is 1. The molecule has 0 saturated carbocycles. The highest BCUT2D eigenvalue weighted by Crippen LogP contribution is 2.26. The number of ether oxygens (including phenoxy) is 1. The molecule has 4 aromatic rings. The van der Waals surface area contributed by atoms with Gasteiger partial charge in [-0.25, -0.2) is 0 Å². The van der Waals surface area contributed by atoms with Crippen LogP contribution in [0.5, 0.6) is 5.75 Å². The fraction of sp³-hybridized carbons (Fsp3) is 0.200. The van der Waals surface area contributed by atoms with Crippen molar-refractivity contribution in [1.29, 1.82) is 0 Å². The second-order valence-electron chi connectivity index (χ2n) is 6.59. The van der Waals surface area contributed by atoms with Gasteiger partial charge in [-0.1, -0.05) is 17.4 Å². The number of fused-ring (bicyclic) bond motifs is 1. The van der Waals surface area contributed by atoms with Crippen LogP contribution in [-0.4, -0.2) is 32.3 Å². The molecule has 0 unspecified atom stereocenters. The summed E-state index contributed by atoms with van der Waals surface area (Å²) >= 11 is 1.47. The van der Waals surface area contributed by atoms with E-state index in [1.165, 1.54) is 11.3 Å². The average Bonchev–Trinajstić information content (AvgIpc) is 3.22. The van der Waals surface area contributed by atoms with Gasteiger partial charge in [-0.15, -0.1) is 10.2 Å². The number of carbonyl (C=O) groups is 1. The smallest absolute Gasteiger partial charge is 0.262 e. The van der Waals surface area contributed by atoms with Crippen molar-refractivity contribution in [3.63, 3.8) is 0 Å². The Bertz CT molecular complexity index is 1130. The van der Waals surface area contributed by atoms with E-state index in [1.807, 2.05) is 57.2 Å². The lowest BCUT2D eigenvalue weighted by Gasteiger charge is -2.09. The topological polar surface area (TPSA) is 81.4 Å². The summed E-state index contributed by atoms with van der Waals surface area (Å²) in [7, 11) is 0. The number of hydrogen-bond donors (Lipinski definition) is 1. The van der Waals surface area contributed by atoms with Crippen molar-refractivity contribution in [2.75, 3.05) is 11.9 Å². The largest absolute Gasteiger partial charge is 0.484 e. The Kier molecular flexibility index (Phi) is 4.79. The lowest BCUT2D eigenvalue weighted by atomic mass is 10.1. The van der Waals surface area contributed by atoms with Gasteiger partial charge >= 0.3 is 0 Å². The molecule has 0 saturated heterocycles. The lowest BCUT2D eigenvalue weighted by molar-refractivity contribution is -0.118. The van der Waals surface area contributed by atoms with E-state index in [0.29, 0.717) is 11.4 Å². The summed E-state index contributed by atoms with van der Waals surface area (Å²) in [6.45, 7) is 5.82. The Morgan fingerprint density at radius 2 is 1.79 bits per heavy atom. The van der Waals surface area contributed by atoms with Gasteiger partial charge in [0, 0.05) is 11.3 Å². The van der Waals surface area contributed by atoms with Crippen LogP contribution in [0.4, 0.5) is 5.69 Å². The van der Waals surface area contributed by atoms with Gasteiger partial charge in [0.1, 0.15) is 10.8 Å². The van der Waals surface area contributed by atoms with Crippen LogP contribution < -0.4 is 10.1 Å². The summed E-state index contributed by atoms with van der Waals surface area (Å²) in [5.74, 6) is 1.24. The average molecular weight is 393 g/mol. The van der Waals surface area contributed by atoms with E-state index in [1.54, 1.807) is 4.52 Å². The van der Waals surface area contributed by atoms with Crippen LogP contribution in [0, 0.1) is 20.8 Å². The maximum absolute atomic E-state index is 12.2. The maximum Gasteiger partial charge on any atom is 0.262 e. The Balaban J connectivity index is 1.39. The van der Waals surface area contributed by atoms with Crippen molar-refractivity contribution in [3.05, 3.63) is 59.4 Å². The molecule has 0 radical (unpaired) electrons. The minimum absolute atomic E-state index is 0.0411. The number of anilines is 1. The quantitative estimate of drug-likeness (QED) is 0.558. The van der Waals surface area contributed by atoms with Crippen LogP contribution in [0.2, 0.25) is 0 Å². The summed E-state index contributed by atoms with van der Waals surface area (Å²) in [4.78, 5) is 12.9. The summed E-state index contributed by atoms with van der Waals surface area (Å²) in [6.07, 6.45) is 0. The summed E-state index contributed by atoms with van der Waals surface area (Å²) in [5.41, 5.74) is 3.87. The van der Waals surface area contributed by atoms with E-state index in [9.17, 15) is 4.79 Å². The minimum atomic E-state index is -0.207. The van der Waals surface area contributed by atoms with Crippen LogP contribution in [0.25, 0.3) is 15.5 Å². The second-order valence-corrected chi connectivity index (χ2v) is 7.54. The number of amides is 1. The van der Waals surface area contributed by atoms with Crippen molar-refractivity contribution >= 4 is 27.9 Å². The molecule has 4 rings (SSSR count). The molecule has 8 heteroatoms. The molecule has 0 bridgehead atoms. The molecule has 0 fully saturated rings. The predicted octanol–water partition coefficient (Wildman–Crippen LogP) is 3.80. The highest BCUT2D eigenvalue weighted by Gasteiger charge is 2.11. The molecular formula is C20H19N5O2S. The Morgan fingerprint density at radius 1 is 1.07 bits per heavy atom. The van der Waals surface area contributed by atoms with Gasteiger partial charge in [-0.05, 0) is 68.3 Å². The van der Waals surface area contributed by atoms with Crippen molar-refractivity contribution in [2.24, 2.45) is 0 Å². The standard InChI is InChI=1S/C20H19N5O2S/c1-12-8-13(2)10-17(9-12)27-11-18(26)21-16-6-4-15(5-7-16)19-24-25-14(3)22-23-20(25)28-19/h4-10H,11H2,1-3H3,(H,21,26). The van der Waals surface area contributed by atoms with E-state index >= 15 is 0 Å². The zero-order valence-electron chi connectivity index (χ0n) is 15.8. The Hall–Kier alpha value is -3.26. The molecule has 2 aromatic carbocycles.